The van der Waals surface area contributed by atoms with Crippen LogP contribution < -0.4 is 5.32 Å². The van der Waals surface area contributed by atoms with Gasteiger partial charge in [-0.15, -0.1) is 0 Å². The van der Waals surface area contributed by atoms with Crippen molar-refractivity contribution in [2.24, 2.45) is 0 Å². The summed E-state index contributed by atoms with van der Waals surface area (Å²) in [5.41, 5.74) is 0.482. The number of halogens is 1. The third-order valence-electron chi connectivity index (χ3n) is 2.87. The van der Waals surface area contributed by atoms with Crippen molar-refractivity contribution >= 4 is 5.91 Å². The van der Waals surface area contributed by atoms with E-state index in [1.165, 1.54) is 19.1 Å². The van der Waals surface area contributed by atoms with Crippen molar-refractivity contribution in [1.29, 1.82) is 5.26 Å². The highest BCUT2D eigenvalue weighted by Gasteiger charge is 2.19. The molecule has 1 aromatic rings. The van der Waals surface area contributed by atoms with Crippen LogP contribution in [0.4, 0.5) is 4.39 Å². The number of amides is 1. The van der Waals surface area contributed by atoms with E-state index in [9.17, 15) is 19.4 Å². The maximum Gasteiger partial charge on any atom is 0.216 e. The van der Waals surface area contributed by atoms with Gasteiger partial charge in [0.05, 0.1) is 18.6 Å². The molecule has 0 fully saturated rings. The number of aliphatic hydroxyl groups is 2. The smallest absolute Gasteiger partial charge is 0.216 e. The van der Waals surface area contributed by atoms with E-state index < -0.39 is 18.0 Å². The highest BCUT2D eigenvalue weighted by atomic mass is 19.1. The first-order chi connectivity index (χ1) is 9.45. The summed E-state index contributed by atoms with van der Waals surface area (Å²) in [4.78, 5) is 10.7. The highest BCUT2D eigenvalue weighted by Crippen LogP contribution is 2.21. The number of benzene rings is 1. The number of rotatable bonds is 6. The average Bonchev–Trinajstić information content (AvgIpc) is 2.40. The van der Waals surface area contributed by atoms with E-state index in [1.807, 2.05) is 6.07 Å². The summed E-state index contributed by atoms with van der Waals surface area (Å²) >= 11 is 0. The van der Waals surface area contributed by atoms with Crippen LogP contribution in [-0.2, 0) is 11.2 Å². The van der Waals surface area contributed by atoms with E-state index in [0.717, 1.165) is 6.07 Å². The first-order valence-corrected chi connectivity index (χ1v) is 6.21. The zero-order chi connectivity index (χ0) is 15.1. The standard InChI is InChI=1S/C14H17FN2O3/c1-9(18)17-7-5-13(19)14(20)11-3-2-10(4-6-16)12(15)8-11/h2-3,8,13-14,19-20H,4-5,7H2,1H3,(H,17,18). The maximum absolute atomic E-state index is 13.6. The van der Waals surface area contributed by atoms with Gasteiger partial charge in [0.2, 0.25) is 5.91 Å². The number of carbonyl (C=O) groups is 1. The lowest BCUT2D eigenvalue weighted by atomic mass is 9.99. The van der Waals surface area contributed by atoms with Gasteiger partial charge in [0.1, 0.15) is 11.9 Å². The summed E-state index contributed by atoms with van der Waals surface area (Å²) < 4.78 is 13.6. The summed E-state index contributed by atoms with van der Waals surface area (Å²) in [7, 11) is 0. The summed E-state index contributed by atoms with van der Waals surface area (Å²) in [5, 5.41) is 30.7. The maximum atomic E-state index is 13.6. The molecule has 0 bridgehead atoms. The monoisotopic (exact) mass is 280 g/mol. The molecule has 108 valence electrons. The number of hydrogen-bond acceptors (Lipinski definition) is 4. The molecule has 1 rings (SSSR count). The Balaban J connectivity index is 2.67. The van der Waals surface area contributed by atoms with Gasteiger partial charge in [0.15, 0.2) is 0 Å². The topological polar surface area (TPSA) is 93.3 Å². The Morgan fingerprint density at radius 2 is 2.20 bits per heavy atom. The fourth-order valence-corrected chi connectivity index (χ4v) is 1.75. The molecule has 0 spiro atoms. The van der Waals surface area contributed by atoms with Crippen LogP contribution >= 0.6 is 0 Å². The third-order valence-corrected chi connectivity index (χ3v) is 2.87. The third kappa shape index (κ3) is 4.61. The normalized spacial score (nSPS) is 13.3. The Hall–Kier alpha value is -1.97. The van der Waals surface area contributed by atoms with Crippen molar-refractivity contribution in [3.05, 3.63) is 35.1 Å². The largest absolute Gasteiger partial charge is 0.390 e. The van der Waals surface area contributed by atoms with E-state index in [2.05, 4.69) is 5.32 Å². The Morgan fingerprint density at radius 1 is 1.50 bits per heavy atom. The first kappa shape index (κ1) is 16.1. The Morgan fingerprint density at radius 3 is 2.75 bits per heavy atom. The van der Waals surface area contributed by atoms with Crippen molar-refractivity contribution < 1.29 is 19.4 Å². The van der Waals surface area contributed by atoms with Crippen LogP contribution in [0.3, 0.4) is 0 Å². The second-order valence-corrected chi connectivity index (χ2v) is 4.47. The Labute approximate surface area is 116 Å². The molecule has 5 nitrogen and oxygen atoms in total. The molecule has 2 atom stereocenters. The van der Waals surface area contributed by atoms with Crippen LogP contribution in [-0.4, -0.2) is 28.8 Å². The molecule has 20 heavy (non-hydrogen) atoms. The van der Waals surface area contributed by atoms with Gasteiger partial charge in [0, 0.05) is 19.0 Å². The summed E-state index contributed by atoms with van der Waals surface area (Å²) in [6.45, 7) is 1.58. The molecule has 2 unspecified atom stereocenters. The molecule has 6 heteroatoms. The van der Waals surface area contributed by atoms with Crippen LogP contribution in [0.5, 0.6) is 0 Å². The number of carbonyl (C=O) groups excluding carboxylic acids is 1. The molecule has 0 aliphatic carbocycles. The molecule has 3 N–H and O–H groups in total. The molecule has 0 radical (unpaired) electrons. The van der Waals surface area contributed by atoms with E-state index >= 15 is 0 Å². The van der Waals surface area contributed by atoms with Crippen LogP contribution in [0.25, 0.3) is 0 Å². The molecular weight excluding hydrogens is 263 g/mol. The quantitative estimate of drug-likeness (QED) is 0.719. The predicted molar refractivity (Wildman–Crippen MR) is 70.0 cm³/mol. The second-order valence-electron chi connectivity index (χ2n) is 4.47. The van der Waals surface area contributed by atoms with Crippen molar-refractivity contribution in [3.8, 4) is 6.07 Å². The molecule has 0 aromatic heterocycles. The fourth-order valence-electron chi connectivity index (χ4n) is 1.75. The Bertz CT molecular complexity index is 514. The summed E-state index contributed by atoms with van der Waals surface area (Å²) in [5.74, 6) is -0.809. The molecule has 0 saturated carbocycles. The van der Waals surface area contributed by atoms with Gasteiger partial charge in [-0.3, -0.25) is 4.79 Å². The fraction of sp³-hybridized carbons (Fsp3) is 0.429. The van der Waals surface area contributed by atoms with Crippen molar-refractivity contribution in [2.45, 2.75) is 32.0 Å². The van der Waals surface area contributed by atoms with Crippen LogP contribution in [0.2, 0.25) is 0 Å². The number of nitriles is 1. The molecule has 0 heterocycles. The molecule has 0 saturated heterocycles. The molecule has 1 aromatic carbocycles. The van der Waals surface area contributed by atoms with Crippen molar-refractivity contribution in [3.63, 3.8) is 0 Å². The van der Waals surface area contributed by atoms with Gasteiger partial charge in [-0.05, 0) is 18.1 Å². The highest BCUT2D eigenvalue weighted by molar-refractivity contribution is 5.72. The van der Waals surface area contributed by atoms with Gasteiger partial charge in [-0.1, -0.05) is 12.1 Å². The van der Waals surface area contributed by atoms with Gasteiger partial charge < -0.3 is 15.5 Å². The number of nitrogens with one attached hydrogen (secondary N) is 1. The minimum Gasteiger partial charge on any atom is -0.390 e. The summed E-state index contributed by atoms with van der Waals surface area (Å²) in [6.07, 6.45) is -2.24. The molecular formula is C14H17FN2O3. The number of hydrogen-bond donors (Lipinski definition) is 3. The lowest BCUT2D eigenvalue weighted by Crippen LogP contribution is -2.27. The summed E-state index contributed by atoms with van der Waals surface area (Å²) in [6, 6.07) is 5.84. The van der Waals surface area contributed by atoms with Gasteiger partial charge >= 0.3 is 0 Å². The zero-order valence-electron chi connectivity index (χ0n) is 11.1. The van der Waals surface area contributed by atoms with Crippen LogP contribution in [0.1, 0.15) is 30.6 Å². The second kappa shape index (κ2) is 7.58. The predicted octanol–water partition coefficient (Wildman–Crippen LogP) is 0.812. The molecule has 0 aliphatic rings. The Kier molecular flexibility index (Phi) is 6.10. The van der Waals surface area contributed by atoms with Crippen LogP contribution in [0.15, 0.2) is 18.2 Å². The number of aliphatic hydroxyl groups excluding tert-OH is 2. The lowest BCUT2D eigenvalue weighted by molar-refractivity contribution is -0.119. The number of nitrogens with zero attached hydrogens (tertiary/aromatic N) is 1. The van der Waals surface area contributed by atoms with E-state index in [4.69, 9.17) is 5.26 Å². The van der Waals surface area contributed by atoms with Gasteiger partial charge in [-0.2, -0.15) is 5.26 Å². The molecule has 1 amide bonds. The lowest BCUT2D eigenvalue weighted by Gasteiger charge is -2.18. The minimum atomic E-state index is -1.24. The zero-order valence-corrected chi connectivity index (χ0v) is 11.1. The van der Waals surface area contributed by atoms with Crippen molar-refractivity contribution in [1.82, 2.24) is 5.32 Å². The average molecular weight is 280 g/mol. The van der Waals surface area contributed by atoms with Crippen molar-refractivity contribution in [2.75, 3.05) is 6.54 Å². The first-order valence-electron chi connectivity index (χ1n) is 6.21. The van der Waals surface area contributed by atoms with Crippen LogP contribution in [0, 0.1) is 17.1 Å². The van der Waals surface area contributed by atoms with E-state index in [1.54, 1.807) is 0 Å². The van der Waals surface area contributed by atoms with Gasteiger partial charge in [0.25, 0.3) is 0 Å². The minimum absolute atomic E-state index is 0.0483. The SMILES string of the molecule is CC(=O)NCCC(O)C(O)c1ccc(CC#N)c(F)c1. The molecule has 0 aliphatic heterocycles. The van der Waals surface area contributed by atoms with Gasteiger partial charge in [-0.25, -0.2) is 4.39 Å². The van der Waals surface area contributed by atoms with E-state index in [-0.39, 0.29) is 36.4 Å². The van der Waals surface area contributed by atoms with E-state index in [0.29, 0.717) is 0 Å².